The third kappa shape index (κ3) is 3.50. The van der Waals surface area contributed by atoms with Gasteiger partial charge < -0.3 is 0 Å². The highest BCUT2D eigenvalue weighted by molar-refractivity contribution is 9.11. The van der Waals surface area contributed by atoms with Gasteiger partial charge in [0.15, 0.2) is 0 Å². The molecule has 0 nitrogen and oxygen atoms in total. The van der Waals surface area contributed by atoms with Crippen LogP contribution in [0.2, 0.25) is 0 Å². The molecule has 8 heavy (non-hydrogen) atoms. The Labute approximate surface area is 64.0 Å². The summed E-state index contributed by atoms with van der Waals surface area (Å²) in [5.74, 6) is 0. The molecule has 1 atom stereocenters. The molecule has 0 unspecified atom stereocenters. The highest BCUT2D eigenvalue weighted by Crippen LogP contribution is 2.20. The van der Waals surface area contributed by atoms with Crippen LogP contribution in [0.1, 0.15) is 20.3 Å². The van der Waals surface area contributed by atoms with Crippen molar-refractivity contribution >= 4 is 27.5 Å². The van der Waals surface area contributed by atoms with Crippen molar-refractivity contribution < 1.29 is 0 Å². The smallest absolute Gasteiger partial charge is 0.0603 e. The van der Waals surface area contributed by atoms with Crippen LogP contribution in [0, 0.1) is 0 Å². The molecule has 0 aliphatic heterocycles. The molecule has 0 aromatic rings. The fourth-order valence-electron chi connectivity index (χ4n) is 0.249. The second kappa shape index (κ2) is 3.52. The first kappa shape index (κ1) is 8.51. The lowest BCUT2D eigenvalue weighted by Gasteiger charge is -2.12. The summed E-state index contributed by atoms with van der Waals surface area (Å²) in [4.78, 5) is 1.63. The summed E-state index contributed by atoms with van der Waals surface area (Å²) in [6.07, 6.45) is 2.88. The van der Waals surface area contributed by atoms with E-state index in [4.69, 9.17) is 11.6 Å². The summed E-state index contributed by atoms with van der Waals surface area (Å²) in [6, 6.07) is 0. The first-order valence-electron chi connectivity index (χ1n) is 2.59. The van der Waals surface area contributed by atoms with E-state index < -0.39 is 0 Å². The molecule has 0 aromatic heterocycles. The monoisotopic (exact) mass is 196 g/mol. The highest BCUT2D eigenvalue weighted by atomic mass is 79.9. The molecule has 0 radical (unpaired) electrons. The van der Waals surface area contributed by atoms with Crippen LogP contribution in [-0.4, -0.2) is 4.87 Å². The summed E-state index contributed by atoms with van der Waals surface area (Å²) >= 11 is 9.06. The maximum absolute atomic E-state index is 5.90. The normalized spacial score (nSPS) is 19.0. The van der Waals surface area contributed by atoms with E-state index in [0.29, 0.717) is 0 Å². The third-order valence-corrected chi connectivity index (χ3v) is 1.76. The van der Waals surface area contributed by atoms with Crippen LogP contribution in [0.3, 0.4) is 0 Å². The Bertz CT molecular complexity index is 86.5. The van der Waals surface area contributed by atoms with Crippen LogP contribution >= 0.6 is 27.5 Å². The molecule has 0 amide bonds. The van der Waals surface area contributed by atoms with Crippen molar-refractivity contribution in [2.75, 3.05) is 0 Å². The van der Waals surface area contributed by atoms with Crippen molar-refractivity contribution in [3.8, 4) is 0 Å². The largest absolute Gasteiger partial charge is 0.115 e. The number of halogens is 2. The molecular weight excluding hydrogens is 187 g/mol. The van der Waals surface area contributed by atoms with E-state index in [9.17, 15) is 0 Å². The fraction of sp³-hybridized carbons (Fsp3) is 0.667. The average molecular weight is 198 g/mol. The Balaban J connectivity index is 3.71. The van der Waals surface area contributed by atoms with Crippen LogP contribution in [0.15, 0.2) is 11.1 Å². The van der Waals surface area contributed by atoms with E-state index in [-0.39, 0.29) is 4.87 Å². The third-order valence-electron chi connectivity index (χ3n) is 1.10. The molecule has 0 N–H and O–H groups in total. The van der Waals surface area contributed by atoms with E-state index in [1.807, 2.05) is 13.0 Å². The van der Waals surface area contributed by atoms with Gasteiger partial charge in [0.1, 0.15) is 0 Å². The van der Waals surface area contributed by atoms with Crippen molar-refractivity contribution in [1.29, 1.82) is 0 Å². The molecule has 0 saturated heterocycles. The SMILES string of the molecule is CC[C@](C)(Cl)/C=C/Br. The minimum atomic E-state index is -0.163. The topological polar surface area (TPSA) is 0 Å². The van der Waals surface area contributed by atoms with Gasteiger partial charge in [-0.3, -0.25) is 0 Å². The molecule has 0 heterocycles. The van der Waals surface area contributed by atoms with Crippen molar-refractivity contribution in [3.05, 3.63) is 11.1 Å². The van der Waals surface area contributed by atoms with Crippen LogP contribution in [0.5, 0.6) is 0 Å². The fourth-order valence-corrected chi connectivity index (χ4v) is 1.05. The molecule has 0 bridgehead atoms. The van der Waals surface area contributed by atoms with E-state index >= 15 is 0 Å². The maximum Gasteiger partial charge on any atom is 0.0603 e. The van der Waals surface area contributed by atoms with Crippen LogP contribution in [0.25, 0.3) is 0 Å². The van der Waals surface area contributed by atoms with E-state index in [1.165, 1.54) is 0 Å². The molecule has 0 rings (SSSR count). The average Bonchev–Trinajstić information content (AvgIpc) is 1.67. The van der Waals surface area contributed by atoms with Gasteiger partial charge in [-0.1, -0.05) is 28.9 Å². The van der Waals surface area contributed by atoms with Gasteiger partial charge in [-0.15, -0.1) is 11.6 Å². The van der Waals surface area contributed by atoms with Gasteiger partial charge in [0.05, 0.1) is 4.87 Å². The molecule has 48 valence electrons. The van der Waals surface area contributed by atoms with Crippen molar-refractivity contribution in [2.45, 2.75) is 25.1 Å². The zero-order chi connectivity index (χ0) is 6.62. The molecule has 2 heteroatoms. The Morgan fingerprint density at radius 1 is 1.75 bits per heavy atom. The standard InChI is InChI=1S/C6H10BrCl/c1-3-6(2,8)4-5-7/h4-5H,3H2,1-2H3/b5-4+/t6-/m0/s1. The zero-order valence-electron chi connectivity index (χ0n) is 5.12. The van der Waals surface area contributed by atoms with Crippen molar-refractivity contribution in [1.82, 2.24) is 0 Å². The maximum atomic E-state index is 5.90. The van der Waals surface area contributed by atoms with Crippen molar-refractivity contribution in [3.63, 3.8) is 0 Å². The molecule has 0 aromatic carbocycles. The molecule has 0 aliphatic rings. The van der Waals surface area contributed by atoms with Gasteiger partial charge >= 0.3 is 0 Å². The number of alkyl halides is 1. The van der Waals surface area contributed by atoms with Gasteiger partial charge in [0, 0.05) is 0 Å². The minimum Gasteiger partial charge on any atom is -0.115 e. The highest BCUT2D eigenvalue weighted by Gasteiger charge is 2.11. The number of allylic oxidation sites excluding steroid dienone is 1. The summed E-state index contributed by atoms with van der Waals surface area (Å²) in [5.41, 5.74) is 0. The van der Waals surface area contributed by atoms with E-state index in [0.717, 1.165) is 6.42 Å². The molecular formula is C6H10BrCl. The second-order valence-electron chi connectivity index (χ2n) is 1.92. The van der Waals surface area contributed by atoms with Gasteiger partial charge in [-0.2, -0.15) is 0 Å². The first-order valence-corrected chi connectivity index (χ1v) is 3.88. The summed E-state index contributed by atoms with van der Waals surface area (Å²) < 4.78 is 0. The Kier molecular flexibility index (Phi) is 3.74. The number of hydrogen-bond donors (Lipinski definition) is 0. The number of hydrogen-bond acceptors (Lipinski definition) is 0. The molecule has 0 aliphatic carbocycles. The van der Waals surface area contributed by atoms with E-state index in [2.05, 4.69) is 22.9 Å². The molecule has 0 spiro atoms. The second-order valence-corrected chi connectivity index (χ2v) is 3.32. The van der Waals surface area contributed by atoms with Crippen LogP contribution < -0.4 is 0 Å². The van der Waals surface area contributed by atoms with Gasteiger partial charge in [0.25, 0.3) is 0 Å². The van der Waals surface area contributed by atoms with Crippen molar-refractivity contribution in [2.24, 2.45) is 0 Å². The Morgan fingerprint density at radius 3 is 2.38 bits per heavy atom. The molecule has 0 fully saturated rings. The lowest BCUT2D eigenvalue weighted by atomic mass is 10.1. The van der Waals surface area contributed by atoms with Gasteiger partial charge in [-0.25, -0.2) is 0 Å². The lowest BCUT2D eigenvalue weighted by molar-refractivity contribution is 0.743. The van der Waals surface area contributed by atoms with Gasteiger partial charge in [0.2, 0.25) is 0 Å². The predicted octanol–water partition coefficient (Wildman–Crippen LogP) is 3.30. The van der Waals surface area contributed by atoms with Gasteiger partial charge in [-0.05, 0) is 18.3 Å². The van der Waals surface area contributed by atoms with Crippen LogP contribution in [0.4, 0.5) is 0 Å². The first-order chi connectivity index (χ1) is 3.62. The summed E-state index contributed by atoms with van der Waals surface area (Å²) in [6.45, 7) is 4.03. The zero-order valence-corrected chi connectivity index (χ0v) is 7.46. The lowest BCUT2D eigenvalue weighted by Crippen LogP contribution is -2.08. The minimum absolute atomic E-state index is 0.163. The van der Waals surface area contributed by atoms with E-state index in [1.54, 1.807) is 4.99 Å². The Hall–Kier alpha value is 0.510. The molecule has 0 saturated carbocycles. The summed E-state index contributed by atoms with van der Waals surface area (Å²) in [7, 11) is 0. The van der Waals surface area contributed by atoms with Crippen LogP contribution in [-0.2, 0) is 0 Å². The Morgan fingerprint density at radius 2 is 2.25 bits per heavy atom. The number of rotatable bonds is 2. The quantitative estimate of drug-likeness (QED) is 0.596. The predicted molar refractivity (Wildman–Crippen MR) is 42.6 cm³/mol. The summed E-state index contributed by atoms with van der Waals surface area (Å²) in [5, 5.41) is 0.